The number of nitrogens with zero attached hydrogens (tertiary/aromatic N) is 1. The maximum atomic E-state index is 12.5. The van der Waals surface area contributed by atoms with E-state index in [9.17, 15) is 4.79 Å². The van der Waals surface area contributed by atoms with Gasteiger partial charge in [0.1, 0.15) is 0 Å². The van der Waals surface area contributed by atoms with Crippen LogP contribution in [0.4, 0.5) is 0 Å². The molecule has 3 rings (SSSR count). The number of ether oxygens (including phenoxy) is 2. The molecule has 3 unspecified atom stereocenters. The Balaban J connectivity index is 1.55. The van der Waals surface area contributed by atoms with Crippen LogP contribution in [0.25, 0.3) is 0 Å². The number of likely N-dealkylation sites (tertiary alicyclic amines) is 1. The fraction of sp³-hybridized carbons (Fsp3) is 0.611. The summed E-state index contributed by atoms with van der Waals surface area (Å²) < 4.78 is 10.5. The zero-order valence-electron chi connectivity index (χ0n) is 14.0. The zero-order valence-corrected chi connectivity index (χ0v) is 14.0. The van der Waals surface area contributed by atoms with Gasteiger partial charge in [-0.25, -0.2) is 0 Å². The molecule has 0 bridgehead atoms. The predicted octanol–water partition coefficient (Wildman–Crippen LogP) is 1.83. The molecule has 2 N–H and O–H groups in total. The number of benzene rings is 1. The molecule has 5 nitrogen and oxygen atoms in total. The maximum absolute atomic E-state index is 12.5. The Bertz CT molecular complexity index is 575. The topological polar surface area (TPSA) is 64.8 Å². The van der Waals surface area contributed by atoms with E-state index in [-0.39, 0.29) is 11.9 Å². The minimum absolute atomic E-state index is 0.237. The Kier molecular flexibility index (Phi) is 4.76. The molecule has 1 aliphatic heterocycles. The molecule has 1 aromatic rings. The van der Waals surface area contributed by atoms with Crippen LogP contribution in [0, 0.1) is 11.8 Å². The van der Waals surface area contributed by atoms with Gasteiger partial charge in [0.25, 0.3) is 0 Å². The second-order valence-electron chi connectivity index (χ2n) is 6.65. The van der Waals surface area contributed by atoms with Gasteiger partial charge in [0.15, 0.2) is 11.5 Å². The molecule has 0 radical (unpaired) electrons. The molecule has 1 aliphatic carbocycles. The van der Waals surface area contributed by atoms with Crippen LogP contribution >= 0.6 is 0 Å². The molecule has 2 aliphatic rings. The Morgan fingerprint density at radius 1 is 1.22 bits per heavy atom. The average Bonchev–Trinajstić information content (AvgIpc) is 3.14. The van der Waals surface area contributed by atoms with Crippen molar-refractivity contribution in [1.29, 1.82) is 0 Å². The van der Waals surface area contributed by atoms with Gasteiger partial charge < -0.3 is 20.1 Å². The predicted molar refractivity (Wildman–Crippen MR) is 88.6 cm³/mol. The van der Waals surface area contributed by atoms with Crippen molar-refractivity contribution in [1.82, 2.24) is 4.90 Å². The lowest BCUT2D eigenvalue weighted by Gasteiger charge is -2.19. The first kappa shape index (κ1) is 16.1. The summed E-state index contributed by atoms with van der Waals surface area (Å²) in [5.74, 6) is 2.79. The van der Waals surface area contributed by atoms with E-state index >= 15 is 0 Å². The largest absolute Gasteiger partial charge is 0.493 e. The second kappa shape index (κ2) is 6.79. The summed E-state index contributed by atoms with van der Waals surface area (Å²) >= 11 is 0. The van der Waals surface area contributed by atoms with Crippen molar-refractivity contribution in [3.8, 4) is 11.5 Å². The number of hydrogen-bond acceptors (Lipinski definition) is 4. The van der Waals surface area contributed by atoms with Gasteiger partial charge >= 0.3 is 0 Å². The monoisotopic (exact) mass is 318 g/mol. The second-order valence-corrected chi connectivity index (χ2v) is 6.65. The normalized spacial score (nSPS) is 26.2. The van der Waals surface area contributed by atoms with Gasteiger partial charge in [0, 0.05) is 25.6 Å². The minimum Gasteiger partial charge on any atom is -0.493 e. The number of aryl methyl sites for hydroxylation is 1. The molecule has 1 saturated carbocycles. The van der Waals surface area contributed by atoms with Gasteiger partial charge in [-0.05, 0) is 48.8 Å². The zero-order chi connectivity index (χ0) is 16.4. The van der Waals surface area contributed by atoms with E-state index < -0.39 is 0 Å². The third-order valence-electron chi connectivity index (χ3n) is 5.34. The summed E-state index contributed by atoms with van der Waals surface area (Å²) in [6.07, 6.45) is 3.54. The Morgan fingerprint density at radius 3 is 2.70 bits per heavy atom. The maximum Gasteiger partial charge on any atom is 0.222 e. The number of amides is 1. The Morgan fingerprint density at radius 2 is 2.00 bits per heavy atom. The van der Waals surface area contributed by atoms with Crippen LogP contribution < -0.4 is 15.2 Å². The van der Waals surface area contributed by atoms with Gasteiger partial charge in [0.2, 0.25) is 5.91 Å². The van der Waals surface area contributed by atoms with Gasteiger partial charge in [-0.15, -0.1) is 0 Å². The van der Waals surface area contributed by atoms with Gasteiger partial charge in [-0.3, -0.25) is 4.79 Å². The fourth-order valence-electron chi connectivity index (χ4n) is 3.96. The highest BCUT2D eigenvalue weighted by Gasteiger charge is 2.42. The molecule has 23 heavy (non-hydrogen) atoms. The molecule has 1 heterocycles. The van der Waals surface area contributed by atoms with Crippen LogP contribution in [0.15, 0.2) is 18.2 Å². The van der Waals surface area contributed by atoms with Gasteiger partial charge in [0.05, 0.1) is 14.2 Å². The molecule has 1 saturated heterocycles. The van der Waals surface area contributed by atoms with Crippen LogP contribution in [-0.4, -0.2) is 44.2 Å². The van der Waals surface area contributed by atoms with Gasteiger partial charge in [-0.2, -0.15) is 0 Å². The van der Waals surface area contributed by atoms with Crippen molar-refractivity contribution in [2.45, 2.75) is 31.7 Å². The SMILES string of the molecule is COc1ccc(CCC(=O)N2CC3CCC(N)C3C2)cc1OC. The quantitative estimate of drug-likeness (QED) is 0.899. The van der Waals surface area contributed by atoms with E-state index in [1.807, 2.05) is 23.1 Å². The number of methoxy groups -OCH3 is 2. The molecule has 1 aromatic carbocycles. The summed E-state index contributed by atoms with van der Waals surface area (Å²) in [5.41, 5.74) is 7.23. The number of hydrogen-bond donors (Lipinski definition) is 1. The number of carbonyl (C=O) groups is 1. The van der Waals surface area contributed by atoms with E-state index in [4.69, 9.17) is 15.2 Å². The molecular formula is C18H26N2O3. The van der Waals surface area contributed by atoms with Crippen LogP contribution in [0.3, 0.4) is 0 Å². The lowest BCUT2D eigenvalue weighted by atomic mass is 9.98. The Labute approximate surface area is 137 Å². The number of nitrogens with two attached hydrogens (primary N) is 1. The summed E-state index contributed by atoms with van der Waals surface area (Å²) in [5, 5.41) is 0. The van der Waals surface area contributed by atoms with E-state index in [0.717, 1.165) is 31.5 Å². The fourth-order valence-corrected chi connectivity index (χ4v) is 3.96. The van der Waals surface area contributed by atoms with Crippen molar-refractivity contribution in [2.75, 3.05) is 27.3 Å². The first-order valence-electron chi connectivity index (χ1n) is 8.36. The highest BCUT2D eigenvalue weighted by atomic mass is 16.5. The van der Waals surface area contributed by atoms with Crippen molar-refractivity contribution in [3.05, 3.63) is 23.8 Å². The van der Waals surface area contributed by atoms with Crippen molar-refractivity contribution in [3.63, 3.8) is 0 Å². The summed E-state index contributed by atoms with van der Waals surface area (Å²) in [7, 11) is 3.25. The van der Waals surface area contributed by atoms with Crippen molar-refractivity contribution < 1.29 is 14.3 Å². The summed E-state index contributed by atoms with van der Waals surface area (Å²) in [6, 6.07) is 6.10. The molecular weight excluding hydrogens is 292 g/mol. The number of carbonyl (C=O) groups excluding carboxylic acids is 1. The minimum atomic E-state index is 0.237. The molecule has 126 valence electrons. The van der Waals surface area contributed by atoms with Crippen LogP contribution in [0.1, 0.15) is 24.8 Å². The standard InChI is InChI=1S/C18H26N2O3/c1-22-16-7-3-12(9-17(16)23-2)4-8-18(21)20-10-13-5-6-15(19)14(13)11-20/h3,7,9,13-15H,4-6,8,10-11,19H2,1-2H3. The van der Waals surface area contributed by atoms with Crippen molar-refractivity contribution >= 4 is 5.91 Å². The lowest BCUT2D eigenvalue weighted by Crippen LogP contribution is -2.33. The highest BCUT2D eigenvalue weighted by Crippen LogP contribution is 2.37. The molecule has 0 aromatic heterocycles. The smallest absolute Gasteiger partial charge is 0.222 e. The third-order valence-corrected chi connectivity index (χ3v) is 5.34. The number of rotatable bonds is 5. The van der Waals surface area contributed by atoms with Crippen LogP contribution in [-0.2, 0) is 11.2 Å². The van der Waals surface area contributed by atoms with E-state index in [1.54, 1.807) is 14.2 Å². The number of fused-ring (bicyclic) bond motifs is 1. The first-order valence-corrected chi connectivity index (χ1v) is 8.36. The molecule has 3 atom stereocenters. The summed E-state index contributed by atoms with van der Waals surface area (Å²) in [6.45, 7) is 1.74. The lowest BCUT2D eigenvalue weighted by molar-refractivity contribution is -0.130. The van der Waals surface area contributed by atoms with E-state index in [0.29, 0.717) is 29.8 Å². The van der Waals surface area contributed by atoms with Crippen LogP contribution in [0.5, 0.6) is 11.5 Å². The average molecular weight is 318 g/mol. The Hall–Kier alpha value is -1.75. The van der Waals surface area contributed by atoms with E-state index in [1.165, 1.54) is 6.42 Å². The van der Waals surface area contributed by atoms with Gasteiger partial charge in [-0.1, -0.05) is 6.07 Å². The van der Waals surface area contributed by atoms with Crippen LogP contribution in [0.2, 0.25) is 0 Å². The first-order chi connectivity index (χ1) is 11.1. The summed E-state index contributed by atoms with van der Waals surface area (Å²) in [4.78, 5) is 14.5. The van der Waals surface area contributed by atoms with E-state index in [2.05, 4.69) is 0 Å². The molecule has 5 heteroatoms. The highest BCUT2D eigenvalue weighted by molar-refractivity contribution is 5.77. The van der Waals surface area contributed by atoms with Crippen molar-refractivity contribution in [2.24, 2.45) is 17.6 Å². The molecule has 0 spiro atoms. The molecule has 2 fully saturated rings. The third kappa shape index (κ3) is 3.29. The molecule has 1 amide bonds.